The second-order valence-electron chi connectivity index (χ2n) is 6.23. The summed E-state index contributed by atoms with van der Waals surface area (Å²) in [6, 6.07) is 12.0. The van der Waals surface area contributed by atoms with E-state index in [0.29, 0.717) is 21.7 Å². The van der Waals surface area contributed by atoms with Gasteiger partial charge in [-0.25, -0.2) is 13.8 Å². The number of hydrogen-bond acceptors (Lipinski definition) is 4. The largest absolute Gasteiger partial charge is 0.459 e. The standard InChI is InChI=1S/C20H13ClF2N4O3/c21-11-4-6-13(15(9-11)27-20(29)16-2-1-7-30-16)26-19(28)10-3-5-12-14(8-10)25-18(24-12)17(22)23/h1-9,17H,(H,24,25)(H,26,28)(H,27,29). The first-order valence-electron chi connectivity index (χ1n) is 8.64. The van der Waals surface area contributed by atoms with Gasteiger partial charge in [0, 0.05) is 10.6 Å². The summed E-state index contributed by atoms with van der Waals surface area (Å²) in [5.41, 5.74) is 1.40. The molecule has 0 saturated heterocycles. The Bertz CT molecular complexity index is 1240. The van der Waals surface area contributed by atoms with Crippen LogP contribution in [0.3, 0.4) is 0 Å². The number of nitrogens with zero attached hydrogens (tertiary/aromatic N) is 1. The van der Waals surface area contributed by atoms with Gasteiger partial charge < -0.3 is 20.0 Å². The van der Waals surface area contributed by atoms with Gasteiger partial charge in [0.15, 0.2) is 11.6 Å². The molecule has 0 spiro atoms. The number of H-pyrrole nitrogens is 1. The molecule has 4 aromatic rings. The van der Waals surface area contributed by atoms with E-state index in [1.54, 1.807) is 12.1 Å². The van der Waals surface area contributed by atoms with E-state index in [9.17, 15) is 18.4 Å². The van der Waals surface area contributed by atoms with Crippen molar-refractivity contribution in [2.75, 3.05) is 10.6 Å². The van der Waals surface area contributed by atoms with Gasteiger partial charge in [-0.3, -0.25) is 9.59 Å². The summed E-state index contributed by atoms with van der Waals surface area (Å²) in [7, 11) is 0. The lowest BCUT2D eigenvalue weighted by Crippen LogP contribution is -2.16. The topological polar surface area (TPSA) is 100 Å². The highest BCUT2D eigenvalue weighted by Gasteiger charge is 2.17. The molecule has 2 amide bonds. The summed E-state index contributed by atoms with van der Waals surface area (Å²) in [4.78, 5) is 31.2. The van der Waals surface area contributed by atoms with E-state index in [2.05, 4.69) is 20.6 Å². The van der Waals surface area contributed by atoms with Crippen molar-refractivity contribution >= 4 is 45.8 Å². The highest BCUT2D eigenvalue weighted by molar-refractivity contribution is 6.31. The average molecular weight is 431 g/mol. The number of amides is 2. The fourth-order valence-electron chi connectivity index (χ4n) is 2.79. The zero-order valence-electron chi connectivity index (χ0n) is 15.1. The van der Waals surface area contributed by atoms with Crippen molar-refractivity contribution in [1.29, 1.82) is 0 Å². The summed E-state index contributed by atoms with van der Waals surface area (Å²) < 4.78 is 30.7. The monoisotopic (exact) mass is 430 g/mol. The molecule has 3 N–H and O–H groups in total. The first-order valence-corrected chi connectivity index (χ1v) is 9.02. The molecule has 4 rings (SSSR count). The van der Waals surface area contributed by atoms with Crippen molar-refractivity contribution in [3.63, 3.8) is 0 Å². The first kappa shape index (κ1) is 19.6. The second kappa shape index (κ2) is 7.96. The lowest BCUT2D eigenvalue weighted by atomic mass is 10.1. The van der Waals surface area contributed by atoms with Crippen LogP contribution in [0.15, 0.2) is 59.2 Å². The van der Waals surface area contributed by atoms with Gasteiger partial charge in [-0.1, -0.05) is 11.6 Å². The van der Waals surface area contributed by atoms with Crippen LogP contribution in [-0.4, -0.2) is 21.8 Å². The Labute approximate surface area is 173 Å². The molecule has 0 saturated carbocycles. The number of nitrogens with one attached hydrogen (secondary N) is 3. The lowest BCUT2D eigenvalue weighted by molar-refractivity contribution is 0.0993. The molecule has 0 aliphatic rings. The normalized spacial score (nSPS) is 11.1. The summed E-state index contributed by atoms with van der Waals surface area (Å²) in [6.07, 6.45) is -1.38. The van der Waals surface area contributed by atoms with Gasteiger partial charge >= 0.3 is 0 Å². The van der Waals surface area contributed by atoms with Crippen molar-refractivity contribution in [3.05, 3.63) is 77.0 Å². The smallest absolute Gasteiger partial charge is 0.295 e. The van der Waals surface area contributed by atoms with E-state index < -0.39 is 24.1 Å². The molecule has 2 aromatic carbocycles. The Balaban J connectivity index is 1.58. The number of aromatic amines is 1. The number of alkyl halides is 2. The molecular weight excluding hydrogens is 418 g/mol. The van der Waals surface area contributed by atoms with Gasteiger partial charge in [-0.15, -0.1) is 0 Å². The number of carbonyl (C=O) groups excluding carboxylic acids is 2. The second-order valence-corrected chi connectivity index (χ2v) is 6.67. The first-order chi connectivity index (χ1) is 14.4. The Morgan fingerprint density at radius 2 is 1.83 bits per heavy atom. The molecule has 0 bridgehead atoms. The van der Waals surface area contributed by atoms with Crippen LogP contribution < -0.4 is 10.6 Å². The van der Waals surface area contributed by atoms with Gasteiger partial charge in [0.1, 0.15) is 0 Å². The molecular formula is C20H13ClF2N4O3. The molecule has 152 valence electrons. The average Bonchev–Trinajstić information content (AvgIpc) is 3.39. The van der Waals surface area contributed by atoms with Crippen molar-refractivity contribution in [3.8, 4) is 0 Å². The molecule has 0 unspecified atom stereocenters. The van der Waals surface area contributed by atoms with E-state index >= 15 is 0 Å². The third-order valence-electron chi connectivity index (χ3n) is 4.19. The van der Waals surface area contributed by atoms with E-state index in [4.69, 9.17) is 16.0 Å². The number of benzene rings is 2. The number of fused-ring (bicyclic) bond motifs is 1. The SMILES string of the molecule is O=C(Nc1ccc(Cl)cc1NC(=O)c1ccco1)c1ccc2nc(C(F)F)[nH]c2c1. The van der Waals surface area contributed by atoms with E-state index in [1.807, 2.05) is 0 Å². The third kappa shape index (κ3) is 4.01. The molecule has 30 heavy (non-hydrogen) atoms. The van der Waals surface area contributed by atoms with E-state index in [1.165, 1.54) is 42.7 Å². The Kier molecular flexibility index (Phi) is 5.20. The van der Waals surface area contributed by atoms with Gasteiger partial charge in [0.05, 0.1) is 28.7 Å². The van der Waals surface area contributed by atoms with Crippen molar-refractivity contribution in [2.45, 2.75) is 6.43 Å². The van der Waals surface area contributed by atoms with Crippen LogP contribution in [0, 0.1) is 0 Å². The summed E-state index contributed by atoms with van der Waals surface area (Å²) in [5.74, 6) is -1.41. The molecule has 0 fully saturated rings. The quantitative estimate of drug-likeness (QED) is 0.402. The predicted octanol–water partition coefficient (Wildman–Crippen LogP) is 5.25. The van der Waals surface area contributed by atoms with Crippen molar-refractivity contribution < 1.29 is 22.8 Å². The summed E-state index contributed by atoms with van der Waals surface area (Å²) in [6.45, 7) is 0. The minimum atomic E-state index is -2.75. The minimum Gasteiger partial charge on any atom is -0.459 e. The highest BCUT2D eigenvalue weighted by atomic mass is 35.5. The lowest BCUT2D eigenvalue weighted by Gasteiger charge is -2.12. The number of anilines is 2. The van der Waals surface area contributed by atoms with Crippen molar-refractivity contribution in [2.24, 2.45) is 0 Å². The molecule has 10 heteroatoms. The maximum absolute atomic E-state index is 12.8. The van der Waals surface area contributed by atoms with Crippen LogP contribution in [0.4, 0.5) is 20.2 Å². The number of rotatable bonds is 5. The molecule has 0 aliphatic carbocycles. The van der Waals surface area contributed by atoms with Crippen LogP contribution in [0.1, 0.15) is 33.2 Å². The van der Waals surface area contributed by atoms with Gasteiger partial charge in [-0.2, -0.15) is 0 Å². The van der Waals surface area contributed by atoms with E-state index in [0.717, 1.165) is 0 Å². The van der Waals surface area contributed by atoms with Gasteiger partial charge in [0.2, 0.25) is 0 Å². The Hall–Kier alpha value is -3.72. The molecule has 0 radical (unpaired) electrons. The van der Waals surface area contributed by atoms with Gasteiger partial charge in [-0.05, 0) is 48.5 Å². The fraction of sp³-hybridized carbons (Fsp3) is 0.0500. The fourth-order valence-corrected chi connectivity index (χ4v) is 2.96. The summed E-state index contributed by atoms with van der Waals surface area (Å²) >= 11 is 6.01. The maximum Gasteiger partial charge on any atom is 0.295 e. The number of imidazole rings is 1. The van der Waals surface area contributed by atoms with Crippen LogP contribution in [0.2, 0.25) is 5.02 Å². The molecule has 7 nitrogen and oxygen atoms in total. The number of aromatic nitrogens is 2. The molecule has 2 heterocycles. The van der Waals surface area contributed by atoms with Crippen LogP contribution in [0.5, 0.6) is 0 Å². The zero-order chi connectivity index (χ0) is 21.3. The Morgan fingerprint density at radius 3 is 2.57 bits per heavy atom. The van der Waals surface area contributed by atoms with Crippen LogP contribution in [-0.2, 0) is 0 Å². The minimum absolute atomic E-state index is 0.0896. The number of carbonyl (C=O) groups is 2. The highest BCUT2D eigenvalue weighted by Crippen LogP contribution is 2.27. The Morgan fingerprint density at radius 1 is 1.03 bits per heavy atom. The van der Waals surface area contributed by atoms with Gasteiger partial charge in [0.25, 0.3) is 18.2 Å². The summed E-state index contributed by atoms with van der Waals surface area (Å²) in [5, 5.41) is 5.65. The van der Waals surface area contributed by atoms with E-state index in [-0.39, 0.29) is 17.0 Å². The molecule has 0 aliphatic heterocycles. The number of hydrogen-bond donors (Lipinski definition) is 3. The molecule has 0 atom stereocenters. The molecule has 2 aromatic heterocycles. The number of halogens is 3. The van der Waals surface area contributed by atoms with Crippen LogP contribution in [0.25, 0.3) is 11.0 Å². The third-order valence-corrected chi connectivity index (χ3v) is 4.43. The van der Waals surface area contributed by atoms with Crippen molar-refractivity contribution in [1.82, 2.24) is 9.97 Å². The zero-order valence-corrected chi connectivity index (χ0v) is 15.8. The number of furan rings is 1. The predicted molar refractivity (Wildman–Crippen MR) is 107 cm³/mol. The van der Waals surface area contributed by atoms with Crippen LogP contribution >= 0.6 is 11.6 Å². The maximum atomic E-state index is 12.8.